The number of carbonyl (C=O) groups is 1. The summed E-state index contributed by atoms with van der Waals surface area (Å²) in [5.74, 6) is 0.640. The number of hydrogen-bond acceptors (Lipinski definition) is 3. The summed E-state index contributed by atoms with van der Waals surface area (Å²) in [4.78, 5) is 14.4. The van der Waals surface area contributed by atoms with Crippen molar-refractivity contribution < 1.29 is 9.53 Å². The van der Waals surface area contributed by atoms with E-state index < -0.39 is 0 Å². The highest BCUT2D eigenvalue weighted by molar-refractivity contribution is 5.76. The zero-order valence-electron chi connectivity index (χ0n) is 14.5. The number of methoxy groups -OCH3 is 1. The Kier molecular flexibility index (Phi) is 7.56. The molecule has 1 aromatic rings. The van der Waals surface area contributed by atoms with Gasteiger partial charge in [0.05, 0.1) is 12.5 Å². The summed E-state index contributed by atoms with van der Waals surface area (Å²) in [7, 11) is 1.64. The monoisotopic (exact) mass is 318 g/mol. The molecule has 128 valence electrons. The van der Waals surface area contributed by atoms with Crippen molar-refractivity contribution in [2.45, 2.75) is 45.3 Å². The first-order chi connectivity index (χ1) is 11.2. The van der Waals surface area contributed by atoms with E-state index in [9.17, 15) is 4.79 Å². The van der Waals surface area contributed by atoms with Crippen LogP contribution in [0.5, 0.6) is 0 Å². The molecule has 1 aliphatic rings. The summed E-state index contributed by atoms with van der Waals surface area (Å²) >= 11 is 0. The average molecular weight is 318 g/mol. The van der Waals surface area contributed by atoms with Gasteiger partial charge in [-0.2, -0.15) is 0 Å². The van der Waals surface area contributed by atoms with Crippen LogP contribution < -0.4 is 5.32 Å². The fourth-order valence-electron chi connectivity index (χ4n) is 3.14. The first-order valence-electron chi connectivity index (χ1n) is 8.73. The summed E-state index contributed by atoms with van der Waals surface area (Å²) in [5.41, 5.74) is 1.37. The van der Waals surface area contributed by atoms with Crippen LogP contribution in [0.1, 0.15) is 38.2 Å². The van der Waals surface area contributed by atoms with Crippen molar-refractivity contribution in [3.05, 3.63) is 35.9 Å². The van der Waals surface area contributed by atoms with Crippen molar-refractivity contribution in [3.8, 4) is 0 Å². The molecular formula is C19H30N2O2. The van der Waals surface area contributed by atoms with E-state index in [4.69, 9.17) is 4.74 Å². The van der Waals surface area contributed by atoms with Gasteiger partial charge < -0.3 is 10.1 Å². The van der Waals surface area contributed by atoms with Gasteiger partial charge in [-0.15, -0.1) is 0 Å². The third-order valence-corrected chi connectivity index (χ3v) is 4.57. The second kappa shape index (κ2) is 9.68. The molecule has 2 rings (SSSR count). The lowest BCUT2D eigenvalue weighted by Crippen LogP contribution is -2.36. The zero-order chi connectivity index (χ0) is 16.5. The number of nitrogens with zero attached hydrogens (tertiary/aromatic N) is 1. The first kappa shape index (κ1) is 18.0. The fraction of sp³-hybridized carbons (Fsp3) is 0.632. The molecule has 0 aromatic heterocycles. The largest absolute Gasteiger partial charge is 0.381 e. The van der Waals surface area contributed by atoms with E-state index >= 15 is 0 Å². The predicted octanol–water partition coefficient (Wildman–Crippen LogP) is 2.83. The van der Waals surface area contributed by atoms with E-state index in [1.807, 2.05) is 6.92 Å². The van der Waals surface area contributed by atoms with Crippen LogP contribution in [-0.4, -0.2) is 43.7 Å². The molecule has 4 nitrogen and oxygen atoms in total. The van der Waals surface area contributed by atoms with Crippen LogP contribution in [0, 0.1) is 5.92 Å². The van der Waals surface area contributed by atoms with Crippen molar-refractivity contribution in [3.63, 3.8) is 0 Å². The molecule has 2 unspecified atom stereocenters. The van der Waals surface area contributed by atoms with Gasteiger partial charge in [0.25, 0.3) is 0 Å². The van der Waals surface area contributed by atoms with Gasteiger partial charge in [0.1, 0.15) is 0 Å². The third kappa shape index (κ3) is 6.71. The number of nitrogens with one attached hydrogen (secondary N) is 1. The van der Waals surface area contributed by atoms with Gasteiger partial charge in [-0.1, -0.05) is 36.8 Å². The highest BCUT2D eigenvalue weighted by Gasteiger charge is 2.19. The Hall–Kier alpha value is -1.39. The van der Waals surface area contributed by atoms with Crippen molar-refractivity contribution in [2.75, 3.05) is 26.7 Å². The summed E-state index contributed by atoms with van der Waals surface area (Å²) in [6.45, 7) is 5.93. The maximum atomic E-state index is 11.9. The normalized spacial score (nSPS) is 20.7. The van der Waals surface area contributed by atoms with E-state index in [2.05, 4.69) is 40.5 Å². The molecule has 2 atom stereocenters. The van der Waals surface area contributed by atoms with Gasteiger partial charge in [-0.05, 0) is 37.8 Å². The van der Waals surface area contributed by atoms with Crippen molar-refractivity contribution >= 4 is 5.91 Å². The number of rotatable bonds is 7. The molecule has 1 heterocycles. The zero-order valence-corrected chi connectivity index (χ0v) is 14.5. The van der Waals surface area contributed by atoms with E-state index in [1.165, 1.54) is 24.8 Å². The Morgan fingerprint density at radius 3 is 2.87 bits per heavy atom. The number of likely N-dealkylation sites (tertiary alicyclic amines) is 1. The topological polar surface area (TPSA) is 41.6 Å². The number of carbonyl (C=O) groups excluding carboxylic acids is 1. The minimum absolute atomic E-state index is 0.0151. The first-order valence-corrected chi connectivity index (χ1v) is 8.73. The maximum absolute atomic E-state index is 11.9. The fourth-order valence-corrected chi connectivity index (χ4v) is 3.14. The number of ether oxygens (including phenoxy) is 1. The van der Waals surface area contributed by atoms with Crippen molar-refractivity contribution in [1.82, 2.24) is 10.2 Å². The Bertz CT molecular complexity index is 464. The standard InChI is InChI=1S/C19H30N2O2/c1-16(23-2)12-19(22)20-13-18-10-6-7-11-21(15-18)14-17-8-4-3-5-9-17/h3-5,8-9,16,18H,6-7,10-15H2,1-2H3,(H,20,22). The number of hydrogen-bond donors (Lipinski definition) is 1. The van der Waals surface area contributed by atoms with Crippen LogP contribution >= 0.6 is 0 Å². The summed E-state index contributed by atoms with van der Waals surface area (Å²) in [6.07, 6.45) is 4.12. The maximum Gasteiger partial charge on any atom is 0.222 e. The van der Waals surface area contributed by atoms with Crippen LogP contribution in [0.4, 0.5) is 0 Å². The van der Waals surface area contributed by atoms with Crippen LogP contribution in [0.2, 0.25) is 0 Å². The molecule has 0 spiro atoms. The van der Waals surface area contributed by atoms with E-state index in [1.54, 1.807) is 7.11 Å². The molecule has 23 heavy (non-hydrogen) atoms. The highest BCUT2D eigenvalue weighted by atomic mass is 16.5. The molecule has 1 aliphatic heterocycles. The van der Waals surface area contributed by atoms with Gasteiger partial charge in [-0.3, -0.25) is 9.69 Å². The summed E-state index contributed by atoms with van der Waals surface area (Å²) in [6, 6.07) is 10.6. The minimum Gasteiger partial charge on any atom is -0.381 e. The molecule has 0 radical (unpaired) electrons. The lowest BCUT2D eigenvalue weighted by molar-refractivity contribution is -0.123. The molecule has 4 heteroatoms. The Labute approximate surface area is 140 Å². The van der Waals surface area contributed by atoms with Crippen molar-refractivity contribution in [1.29, 1.82) is 0 Å². The molecule has 1 fully saturated rings. The van der Waals surface area contributed by atoms with E-state index in [-0.39, 0.29) is 12.0 Å². The molecule has 0 saturated carbocycles. The van der Waals surface area contributed by atoms with Crippen LogP contribution in [0.15, 0.2) is 30.3 Å². The minimum atomic E-state index is -0.0151. The lowest BCUT2D eigenvalue weighted by atomic mass is 10.0. The Morgan fingerprint density at radius 2 is 2.13 bits per heavy atom. The average Bonchev–Trinajstić information content (AvgIpc) is 2.79. The van der Waals surface area contributed by atoms with E-state index in [0.717, 1.165) is 26.2 Å². The molecular weight excluding hydrogens is 288 g/mol. The second-order valence-electron chi connectivity index (χ2n) is 6.64. The predicted molar refractivity (Wildman–Crippen MR) is 93.2 cm³/mol. The molecule has 1 aromatic carbocycles. The number of amides is 1. The van der Waals surface area contributed by atoms with Gasteiger partial charge in [0, 0.05) is 26.7 Å². The van der Waals surface area contributed by atoms with Gasteiger partial charge in [0.15, 0.2) is 0 Å². The number of benzene rings is 1. The molecule has 1 saturated heterocycles. The Morgan fingerprint density at radius 1 is 1.35 bits per heavy atom. The lowest BCUT2D eigenvalue weighted by Gasteiger charge is -2.24. The van der Waals surface area contributed by atoms with Crippen LogP contribution in [-0.2, 0) is 16.1 Å². The SMILES string of the molecule is COC(C)CC(=O)NCC1CCCCN(Cc2ccccc2)C1. The van der Waals surface area contributed by atoms with Gasteiger partial charge >= 0.3 is 0 Å². The molecule has 0 bridgehead atoms. The smallest absolute Gasteiger partial charge is 0.222 e. The van der Waals surface area contributed by atoms with Crippen LogP contribution in [0.25, 0.3) is 0 Å². The summed E-state index contributed by atoms with van der Waals surface area (Å²) < 4.78 is 5.15. The summed E-state index contributed by atoms with van der Waals surface area (Å²) in [5, 5.41) is 3.08. The molecule has 0 aliphatic carbocycles. The quantitative estimate of drug-likeness (QED) is 0.840. The van der Waals surface area contributed by atoms with Gasteiger partial charge in [-0.25, -0.2) is 0 Å². The second-order valence-corrected chi connectivity index (χ2v) is 6.64. The molecule has 1 amide bonds. The third-order valence-electron chi connectivity index (χ3n) is 4.57. The highest BCUT2D eigenvalue weighted by Crippen LogP contribution is 2.18. The van der Waals surface area contributed by atoms with Gasteiger partial charge in [0.2, 0.25) is 5.91 Å². The van der Waals surface area contributed by atoms with Crippen LogP contribution in [0.3, 0.4) is 0 Å². The van der Waals surface area contributed by atoms with Crippen molar-refractivity contribution in [2.24, 2.45) is 5.92 Å². The molecule has 1 N–H and O–H groups in total. The Balaban J connectivity index is 1.79. The van der Waals surface area contributed by atoms with E-state index in [0.29, 0.717) is 12.3 Å².